The molecule has 0 radical (unpaired) electrons. The topological polar surface area (TPSA) is 42.1 Å². The number of ether oxygens (including phenoxy) is 1. The van der Waals surface area contributed by atoms with Crippen molar-refractivity contribution in [3.8, 4) is 5.75 Å². The quantitative estimate of drug-likeness (QED) is 0.689. The Morgan fingerprint density at radius 1 is 1.00 bits per heavy atom. The van der Waals surface area contributed by atoms with Crippen LogP contribution in [0.1, 0.15) is 41.5 Å². The highest BCUT2D eigenvalue weighted by Gasteiger charge is 2.52. The van der Waals surface area contributed by atoms with Gasteiger partial charge in [-0.3, -0.25) is 0 Å². The molecule has 31 heavy (non-hydrogen) atoms. The van der Waals surface area contributed by atoms with Crippen molar-refractivity contribution < 1.29 is 14.1 Å². The maximum absolute atomic E-state index is 6.75. The number of aryl methyl sites for hydroxylation is 1. The number of fused-ring (bicyclic) bond motifs is 4. The summed E-state index contributed by atoms with van der Waals surface area (Å²) in [6, 6.07) is 23.4. The molecule has 0 amide bonds. The summed E-state index contributed by atoms with van der Waals surface area (Å²) < 4.78 is 12.7. The molecule has 4 heterocycles. The van der Waals surface area contributed by atoms with Gasteiger partial charge in [0.15, 0.2) is 11.5 Å². The lowest BCUT2D eigenvalue weighted by molar-refractivity contribution is -0.921. The summed E-state index contributed by atoms with van der Waals surface area (Å²) in [5.41, 5.74) is 6.94. The molecule has 1 fully saturated rings. The summed E-state index contributed by atoms with van der Waals surface area (Å²) >= 11 is 0. The fraction of sp³-hybridized carbons (Fsp3) is 0.308. The number of piperidine rings is 1. The van der Waals surface area contributed by atoms with Crippen molar-refractivity contribution in [3.05, 3.63) is 95.5 Å². The molecule has 2 aromatic carbocycles. The van der Waals surface area contributed by atoms with Gasteiger partial charge in [0.25, 0.3) is 0 Å². The summed E-state index contributed by atoms with van der Waals surface area (Å²) in [5, 5.41) is 2.34. The van der Waals surface area contributed by atoms with Gasteiger partial charge in [0.05, 0.1) is 37.7 Å². The predicted molar refractivity (Wildman–Crippen MR) is 119 cm³/mol. The van der Waals surface area contributed by atoms with Crippen LogP contribution in [-0.4, -0.2) is 23.8 Å². The van der Waals surface area contributed by atoms with E-state index in [0.717, 1.165) is 55.4 Å². The van der Waals surface area contributed by atoms with Gasteiger partial charge in [0.2, 0.25) is 0 Å². The lowest BCUT2D eigenvalue weighted by Crippen LogP contribution is -3.12. The zero-order valence-corrected chi connectivity index (χ0v) is 17.8. The van der Waals surface area contributed by atoms with Crippen molar-refractivity contribution in [1.82, 2.24) is 10.4 Å². The van der Waals surface area contributed by atoms with Crippen LogP contribution < -0.4 is 15.1 Å². The molecule has 1 saturated heterocycles. The maximum Gasteiger partial charge on any atom is 0.191 e. The van der Waals surface area contributed by atoms with Gasteiger partial charge < -0.3 is 19.5 Å². The molecule has 0 unspecified atom stereocenters. The smallest absolute Gasteiger partial charge is 0.191 e. The highest BCUT2D eigenvalue weighted by atomic mass is 16.5. The number of nitrogens with zero attached hydrogens (tertiary/aromatic N) is 1. The van der Waals surface area contributed by atoms with Crippen molar-refractivity contribution in [2.75, 3.05) is 13.1 Å². The molecular weight excluding hydrogens is 386 g/mol. The van der Waals surface area contributed by atoms with Crippen molar-refractivity contribution in [2.45, 2.75) is 38.1 Å². The summed E-state index contributed by atoms with van der Waals surface area (Å²) in [6.07, 6.45) is 4.24. The fourth-order valence-corrected chi connectivity index (χ4v) is 5.24. The number of nitrogens with one attached hydrogen (secondary N) is 2. The molecule has 3 aromatic rings. The third-order valence-corrected chi connectivity index (χ3v) is 6.86. The lowest BCUT2D eigenvalue weighted by Gasteiger charge is -2.50. The first kappa shape index (κ1) is 18.7. The number of furan rings is 1. The number of hydrogen-bond acceptors (Lipinski definition) is 4. The monoisotopic (exact) mass is 414 g/mol. The minimum Gasteiger partial charge on any atom is -0.470 e. The van der Waals surface area contributed by atoms with E-state index in [4.69, 9.17) is 9.15 Å². The molecule has 0 bridgehead atoms. The van der Waals surface area contributed by atoms with Crippen LogP contribution in [0.3, 0.4) is 0 Å². The van der Waals surface area contributed by atoms with Gasteiger partial charge >= 0.3 is 0 Å². The minimum atomic E-state index is -0.348. The second kappa shape index (κ2) is 7.29. The van der Waals surface area contributed by atoms with E-state index in [9.17, 15) is 0 Å². The summed E-state index contributed by atoms with van der Waals surface area (Å²) in [6.45, 7) is 5.21. The zero-order chi connectivity index (χ0) is 20.8. The Morgan fingerprint density at radius 2 is 1.77 bits per heavy atom. The highest BCUT2D eigenvalue weighted by Crippen LogP contribution is 2.47. The van der Waals surface area contributed by atoms with Gasteiger partial charge in [0.1, 0.15) is 18.1 Å². The zero-order valence-electron chi connectivity index (χ0n) is 17.8. The Kier molecular flexibility index (Phi) is 4.40. The maximum atomic E-state index is 6.75. The molecule has 1 atom stereocenters. The molecule has 0 aliphatic carbocycles. The summed E-state index contributed by atoms with van der Waals surface area (Å²) in [7, 11) is 0. The first-order chi connectivity index (χ1) is 15.2. The van der Waals surface area contributed by atoms with Crippen LogP contribution in [0.25, 0.3) is 5.70 Å². The van der Waals surface area contributed by atoms with E-state index in [1.807, 2.05) is 19.1 Å². The van der Waals surface area contributed by atoms with Gasteiger partial charge in [0, 0.05) is 11.1 Å². The van der Waals surface area contributed by atoms with E-state index in [0.29, 0.717) is 0 Å². The molecule has 1 spiro atoms. The molecule has 5 nitrogen and oxygen atoms in total. The fourth-order valence-electron chi connectivity index (χ4n) is 5.24. The Balaban J connectivity index is 1.28. The first-order valence-corrected chi connectivity index (χ1v) is 11.2. The highest BCUT2D eigenvalue weighted by molar-refractivity contribution is 5.64. The number of hydrogen-bond donors (Lipinski definition) is 2. The third-order valence-electron chi connectivity index (χ3n) is 6.86. The van der Waals surface area contributed by atoms with E-state index in [1.54, 1.807) is 4.90 Å². The van der Waals surface area contributed by atoms with Crippen LogP contribution in [0.5, 0.6) is 5.75 Å². The van der Waals surface area contributed by atoms with Gasteiger partial charge in [-0.15, -0.1) is 0 Å². The standard InChI is InChI=1S/C26H27N3O2/c1-19-11-12-25(30-19)22-17-23-21-9-5-6-10-24(21)31-26(29(23)27-22)13-15-28(16-14-26)18-20-7-3-2-4-8-20/h2-12,17,23,27H,13-16,18H2,1H3/p+1/t23-/m1/s1. The number of benzene rings is 2. The third kappa shape index (κ3) is 3.25. The molecule has 3 aliphatic heterocycles. The van der Waals surface area contributed by atoms with Gasteiger partial charge in [-0.25, -0.2) is 0 Å². The van der Waals surface area contributed by atoms with E-state index in [1.165, 1.54) is 11.1 Å². The Hall–Kier alpha value is -3.02. The second-order valence-corrected chi connectivity index (χ2v) is 8.92. The molecule has 2 N–H and O–H groups in total. The SMILES string of the molecule is Cc1ccc(C2=C[C@@H]3c4ccccc4OC4(CC[NH+](Cc5ccccc5)CC4)N3N2)o1. The van der Waals surface area contributed by atoms with E-state index in [2.05, 4.69) is 71.1 Å². The molecule has 5 heteroatoms. The Bertz CT molecular complexity index is 1110. The average molecular weight is 415 g/mol. The predicted octanol–water partition coefficient (Wildman–Crippen LogP) is 3.46. The van der Waals surface area contributed by atoms with Crippen molar-refractivity contribution in [2.24, 2.45) is 0 Å². The number of para-hydroxylation sites is 1. The van der Waals surface area contributed by atoms with Crippen LogP contribution in [0.4, 0.5) is 0 Å². The molecule has 1 aromatic heterocycles. The normalized spacial score (nSPS) is 27.2. The van der Waals surface area contributed by atoms with Crippen LogP contribution in [0, 0.1) is 6.92 Å². The Labute approximate surface area is 182 Å². The number of likely N-dealkylation sites (tertiary alicyclic amines) is 1. The summed E-state index contributed by atoms with van der Waals surface area (Å²) in [5.74, 6) is 2.81. The van der Waals surface area contributed by atoms with Crippen LogP contribution in [0.2, 0.25) is 0 Å². The van der Waals surface area contributed by atoms with Crippen molar-refractivity contribution in [3.63, 3.8) is 0 Å². The second-order valence-electron chi connectivity index (χ2n) is 8.92. The molecular formula is C26H28N3O2+. The first-order valence-electron chi connectivity index (χ1n) is 11.2. The van der Waals surface area contributed by atoms with Crippen LogP contribution in [0.15, 0.2) is 77.2 Å². The van der Waals surface area contributed by atoms with Crippen molar-refractivity contribution >= 4 is 5.70 Å². The van der Waals surface area contributed by atoms with E-state index >= 15 is 0 Å². The molecule has 6 rings (SSSR count). The molecule has 3 aliphatic rings. The van der Waals surface area contributed by atoms with Crippen LogP contribution in [-0.2, 0) is 6.54 Å². The van der Waals surface area contributed by atoms with Crippen molar-refractivity contribution in [1.29, 1.82) is 0 Å². The van der Waals surface area contributed by atoms with Gasteiger partial charge in [-0.1, -0.05) is 48.5 Å². The van der Waals surface area contributed by atoms with Crippen LogP contribution >= 0.6 is 0 Å². The largest absolute Gasteiger partial charge is 0.470 e. The van der Waals surface area contributed by atoms with E-state index in [-0.39, 0.29) is 11.8 Å². The molecule has 158 valence electrons. The van der Waals surface area contributed by atoms with E-state index < -0.39 is 0 Å². The summed E-state index contributed by atoms with van der Waals surface area (Å²) in [4.78, 5) is 1.62. The number of rotatable bonds is 3. The van der Waals surface area contributed by atoms with Gasteiger partial charge in [-0.05, 0) is 31.2 Å². The number of hydrazine groups is 1. The Morgan fingerprint density at radius 3 is 2.55 bits per heavy atom. The lowest BCUT2D eigenvalue weighted by atomic mass is 9.92. The minimum absolute atomic E-state index is 0.140. The number of quaternary nitrogens is 1. The van der Waals surface area contributed by atoms with Gasteiger partial charge in [-0.2, -0.15) is 5.01 Å². The molecule has 0 saturated carbocycles. The average Bonchev–Trinajstić information content (AvgIpc) is 3.44.